The average molecular weight is 682 g/mol. The fraction of sp³-hybridized carbons (Fsp3) is 0.157. The zero-order valence-electron chi connectivity index (χ0n) is 30.0. The fourth-order valence-electron chi connectivity index (χ4n) is 10.1. The van der Waals surface area contributed by atoms with Crippen molar-refractivity contribution in [1.82, 2.24) is 0 Å². The summed E-state index contributed by atoms with van der Waals surface area (Å²) in [7, 11) is 0. The molecule has 5 aliphatic rings. The summed E-state index contributed by atoms with van der Waals surface area (Å²) in [6, 6.07) is 46.8. The lowest BCUT2D eigenvalue weighted by atomic mass is 9.59. The van der Waals surface area contributed by atoms with Gasteiger partial charge in [-0.1, -0.05) is 146 Å². The molecular weight excluding hydrogens is 643 g/mol. The van der Waals surface area contributed by atoms with Crippen molar-refractivity contribution in [2.45, 2.75) is 32.6 Å². The Kier molecular flexibility index (Phi) is 6.65. The third-order valence-electron chi connectivity index (χ3n) is 12.7. The molecule has 0 fully saturated rings. The molecule has 2 nitrogen and oxygen atoms in total. The molecule has 0 saturated carbocycles. The highest BCUT2D eigenvalue weighted by Crippen LogP contribution is 2.54. The number of aliphatic imine (C=N–C) groups is 1. The molecule has 3 aliphatic carbocycles. The van der Waals surface area contributed by atoms with E-state index in [-0.39, 0.29) is 11.3 Å². The van der Waals surface area contributed by atoms with Crippen molar-refractivity contribution < 1.29 is 4.74 Å². The smallest absolute Gasteiger partial charge is 0.132 e. The Morgan fingerprint density at radius 1 is 0.698 bits per heavy atom. The lowest BCUT2D eigenvalue weighted by Gasteiger charge is -2.44. The Hall–Kier alpha value is -5.99. The maximum atomic E-state index is 6.84. The van der Waals surface area contributed by atoms with Crippen LogP contribution in [0.15, 0.2) is 180 Å². The van der Waals surface area contributed by atoms with E-state index in [9.17, 15) is 0 Å². The summed E-state index contributed by atoms with van der Waals surface area (Å²) in [5.41, 5.74) is 11.1. The molecule has 2 aliphatic heterocycles. The molecule has 0 aromatic heterocycles. The van der Waals surface area contributed by atoms with Crippen LogP contribution in [0.3, 0.4) is 0 Å². The summed E-state index contributed by atoms with van der Waals surface area (Å²) in [6.07, 6.45) is 14.3. The molecule has 0 radical (unpaired) electrons. The molecule has 11 rings (SSSR count). The summed E-state index contributed by atoms with van der Waals surface area (Å²) in [4.78, 5) is 4.91. The Labute approximate surface area is 310 Å². The third kappa shape index (κ3) is 4.55. The van der Waals surface area contributed by atoms with Crippen LogP contribution >= 0.6 is 0 Å². The number of nitrogens with zero attached hydrogens (tertiary/aromatic N) is 1. The quantitative estimate of drug-likeness (QED) is 0.182. The van der Waals surface area contributed by atoms with Gasteiger partial charge in [-0.25, -0.2) is 0 Å². The van der Waals surface area contributed by atoms with E-state index in [1.807, 2.05) is 0 Å². The van der Waals surface area contributed by atoms with Crippen molar-refractivity contribution >= 4 is 44.1 Å². The van der Waals surface area contributed by atoms with Crippen LogP contribution in [0.4, 0.5) is 5.69 Å². The van der Waals surface area contributed by atoms with Gasteiger partial charge >= 0.3 is 0 Å². The lowest BCUT2D eigenvalue weighted by Crippen LogP contribution is -2.45. The number of allylic oxidation sites excluding steroid dienone is 8. The standard InChI is InChI=1S/C51H39NO/c1-31-43-28-36-25-24-34(30-47(36)53-46-23-11-22-45(52-31)49(43)46)35-26-27-51(2)44(29-35)48(39-20-9-14-32-12-3-5-16-37(32)39)40-18-7-8-19-42(40)50(51)41-21-10-15-33-13-4-6-17-38(33)41/h3-24,26-27,29-30,36,43-44H,25,28H2,1-2H3. The van der Waals surface area contributed by atoms with Gasteiger partial charge in [0, 0.05) is 34.4 Å². The lowest BCUT2D eigenvalue weighted by molar-refractivity contribution is 0.345. The summed E-state index contributed by atoms with van der Waals surface area (Å²) in [5.74, 6) is 2.78. The first-order valence-corrected chi connectivity index (χ1v) is 19.0. The van der Waals surface area contributed by atoms with Crippen LogP contribution in [0.2, 0.25) is 0 Å². The van der Waals surface area contributed by atoms with Gasteiger partial charge in [0.05, 0.1) is 5.69 Å². The van der Waals surface area contributed by atoms with Gasteiger partial charge in [0.2, 0.25) is 0 Å². The fourth-order valence-corrected chi connectivity index (χ4v) is 10.1. The summed E-state index contributed by atoms with van der Waals surface area (Å²) < 4.78 is 6.84. The molecule has 0 bridgehead atoms. The minimum atomic E-state index is -0.311. The molecule has 6 aromatic rings. The van der Waals surface area contributed by atoms with Gasteiger partial charge in [0.1, 0.15) is 11.5 Å². The molecule has 2 heteroatoms. The highest BCUT2D eigenvalue weighted by Gasteiger charge is 2.44. The molecule has 6 aromatic carbocycles. The molecule has 254 valence electrons. The van der Waals surface area contributed by atoms with Crippen molar-refractivity contribution in [2.24, 2.45) is 22.2 Å². The molecule has 0 N–H and O–H groups in total. The molecule has 0 amide bonds. The number of hydrogen-bond acceptors (Lipinski definition) is 2. The predicted octanol–water partition coefficient (Wildman–Crippen LogP) is 11.0. The number of benzene rings is 6. The third-order valence-corrected chi connectivity index (χ3v) is 12.7. The highest BCUT2D eigenvalue weighted by atomic mass is 16.5. The average Bonchev–Trinajstić information content (AvgIpc) is 3.41. The first-order valence-electron chi connectivity index (χ1n) is 19.0. The normalized spacial score (nSPS) is 23.8. The van der Waals surface area contributed by atoms with Crippen LogP contribution in [0.1, 0.15) is 49.3 Å². The highest BCUT2D eigenvalue weighted by molar-refractivity contribution is 6.00. The number of ether oxygens (including phenoxy) is 1. The summed E-state index contributed by atoms with van der Waals surface area (Å²) >= 11 is 0. The van der Waals surface area contributed by atoms with Gasteiger partial charge in [0.15, 0.2) is 0 Å². The van der Waals surface area contributed by atoms with E-state index >= 15 is 0 Å². The predicted molar refractivity (Wildman–Crippen MR) is 219 cm³/mol. The second-order valence-electron chi connectivity index (χ2n) is 15.6. The minimum absolute atomic E-state index is 0.0846. The van der Waals surface area contributed by atoms with E-state index in [0.29, 0.717) is 11.8 Å². The maximum absolute atomic E-state index is 6.84. The first kappa shape index (κ1) is 30.6. The molecule has 4 atom stereocenters. The van der Waals surface area contributed by atoms with Gasteiger partial charge in [-0.2, -0.15) is 0 Å². The van der Waals surface area contributed by atoms with E-state index < -0.39 is 0 Å². The van der Waals surface area contributed by atoms with Crippen LogP contribution in [0, 0.1) is 17.3 Å². The summed E-state index contributed by atoms with van der Waals surface area (Å²) in [5, 5.41) is 7.75. The largest absolute Gasteiger partial charge is 0.461 e. The van der Waals surface area contributed by atoms with Gasteiger partial charge in [0.25, 0.3) is 0 Å². The number of hydrogen-bond donors (Lipinski definition) is 0. The van der Waals surface area contributed by atoms with Gasteiger partial charge in [-0.3, -0.25) is 4.99 Å². The van der Waals surface area contributed by atoms with Crippen LogP contribution in [0.25, 0.3) is 32.7 Å². The second kappa shape index (κ2) is 11.5. The zero-order chi connectivity index (χ0) is 35.3. The topological polar surface area (TPSA) is 21.6 Å². The molecule has 0 saturated heterocycles. The van der Waals surface area contributed by atoms with Crippen molar-refractivity contribution in [3.8, 4) is 5.75 Å². The minimum Gasteiger partial charge on any atom is -0.461 e. The van der Waals surface area contributed by atoms with E-state index in [0.717, 1.165) is 30.0 Å². The molecule has 2 heterocycles. The Morgan fingerprint density at radius 2 is 1.38 bits per heavy atom. The van der Waals surface area contributed by atoms with Crippen molar-refractivity contribution in [3.05, 3.63) is 202 Å². The van der Waals surface area contributed by atoms with Crippen LogP contribution in [-0.2, 0) is 0 Å². The molecular formula is C51H39NO. The van der Waals surface area contributed by atoms with Crippen molar-refractivity contribution in [2.75, 3.05) is 0 Å². The van der Waals surface area contributed by atoms with Gasteiger partial charge in [-0.05, 0) is 103 Å². The van der Waals surface area contributed by atoms with Crippen LogP contribution < -0.4 is 15.2 Å². The number of rotatable bonds is 3. The second-order valence-corrected chi connectivity index (χ2v) is 15.6. The molecule has 53 heavy (non-hydrogen) atoms. The van der Waals surface area contributed by atoms with Crippen LogP contribution in [0.5, 0.6) is 5.75 Å². The SMILES string of the molecule is CC1=Nc2cccc3c2C1CC1CC=C(C2=CC4C(c5cccc6ccccc56)=c5ccccc5=C(c5cccc6ccccc56)C4(C)C=C2)C=C1O3. The van der Waals surface area contributed by atoms with Crippen LogP contribution in [-0.4, -0.2) is 5.71 Å². The van der Waals surface area contributed by atoms with E-state index in [1.54, 1.807) is 0 Å². The van der Waals surface area contributed by atoms with E-state index in [1.165, 1.54) is 76.7 Å². The molecule has 0 spiro atoms. The summed E-state index contributed by atoms with van der Waals surface area (Å²) in [6.45, 7) is 4.65. The van der Waals surface area contributed by atoms with Crippen molar-refractivity contribution in [1.29, 1.82) is 0 Å². The number of fused-ring (bicyclic) bond motifs is 5. The Bertz CT molecular complexity index is 2850. The first-order chi connectivity index (χ1) is 26.0. The zero-order valence-corrected chi connectivity index (χ0v) is 30.0. The molecule has 4 unspecified atom stereocenters. The monoisotopic (exact) mass is 681 g/mol. The van der Waals surface area contributed by atoms with E-state index in [4.69, 9.17) is 9.73 Å². The Morgan fingerprint density at radius 3 is 2.19 bits per heavy atom. The Balaban J connectivity index is 1.13. The van der Waals surface area contributed by atoms with E-state index in [2.05, 4.69) is 172 Å². The maximum Gasteiger partial charge on any atom is 0.132 e. The van der Waals surface area contributed by atoms with Gasteiger partial charge < -0.3 is 4.74 Å². The van der Waals surface area contributed by atoms with Gasteiger partial charge in [-0.15, -0.1) is 0 Å². The van der Waals surface area contributed by atoms with Crippen molar-refractivity contribution in [3.63, 3.8) is 0 Å².